The molecule has 0 fully saturated rings. The molecule has 0 aromatic heterocycles. The third kappa shape index (κ3) is 9.26. The van der Waals surface area contributed by atoms with Gasteiger partial charge in [-0.25, -0.2) is 0 Å². The second-order valence-electron chi connectivity index (χ2n) is 9.43. The van der Waals surface area contributed by atoms with Gasteiger partial charge in [0.1, 0.15) is 11.5 Å². The first kappa shape index (κ1) is 25.6. The van der Waals surface area contributed by atoms with Gasteiger partial charge in [-0.3, -0.25) is 0 Å². The Kier molecular flexibility index (Phi) is 10.5. The van der Waals surface area contributed by atoms with Crippen molar-refractivity contribution >= 4 is 0 Å². The first-order valence-corrected chi connectivity index (χ1v) is 13.4. The molecule has 186 valence electrons. The highest BCUT2D eigenvalue weighted by atomic mass is 16.5. The van der Waals surface area contributed by atoms with Crippen LogP contribution in [0, 0.1) is 0 Å². The summed E-state index contributed by atoms with van der Waals surface area (Å²) in [6.45, 7) is 1.59. The normalized spacial score (nSPS) is 10.8. The molecule has 0 atom stereocenters. The van der Waals surface area contributed by atoms with E-state index >= 15 is 0 Å². The highest BCUT2D eigenvalue weighted by Gasteiger charge is 2.00. The summed E-state index contributed by atoms with van der Waals surface area (Å²) in [5, 5.41) is 0. The Morgan fingerprint density at radius 3 is 1.06 bits per heavy atom. The Bertz CT molecular complexity index is 1010. The van der Waals surface area contributed by atoms with E-state index in [0.29, 0.717) is 0 Å². The predicted octanol–water partition coefficient (Wildman–Crippen LogP) is 8.67. The van der Waals surface area contributed by atoms with Gasteiger partial charge < -0.3 is 9.47 Å². The number of benzene rings is 4. The fourth-order valence-electron chi connectivity index (χ4n) is 4.36. The average Bonchev–Trinajstić information content (AvgIpc) is 2.93. The van der Waals surface area contributed by atoms with E-state index < -0.39 is 0 Å². The highest BCUT2D eigenvalue weighted by Crippen LogP contribution is 2.17. The minimum Gasteiger partial charge on any atom is -0.494 e. The monoisotopic (exact) mass is 478 g/mol. The van der Waals surface area contributed by atoms with Crippen LogP contribution in [-0.4, -0.2) is 13.2 Å². The van der Waals surface area contributed by atoms with Gasteiger partial charge in [-0.2, -0.15) is 0 Å². The van der Waals surface area contributed by atoms with Crippen molar-refractivity contribution in [2.45, 2.75) is 51.4 Å². The molecule has 2 nitrogen and oxygen atoms in total. The van der Waals surface area contributed by atoms with Crippen molar-refractivity contribution in [3.8, 4) is 11.5 Å². The second kappa shape index (κ2) is 14.8. The van der Waals surface area contributed by atoms with E-state index in [9.17, 15) is 0 Å². The molecule has 0 heterocycles. The van der Waals surface area contributed by atoms with E-state index in [4.69, 9.17) is 9.47 Å². The number of rotatable bonds is 15. The van der Waals surface area contributed by atoms with Gasteiger partial charge in [-0.15, -0.1) is 0 Å². The maximum absolute atomic E-state index is 5.93. The van der Waals surface area contributed by atoms with Gasteiger partial charge in [0, 0.05) is 0 Å². The lowest BCUT2D eigenvalue weighted by Crippen LogP contribution is -1.99. The zero-order chi connectivity index (χ0) is 24.7. The summed E-state index contributed by atoms with van der Waals surface area (Å²) in [5.74, 6) is 1.94. The van der Waals surface area contributed by atoms with Gasteiger partial charge in [-0.05, 0) is 72.2 Å². The second-order valence-corrected chi connectivity index (χ2v) is 9.43. The fourth-order valence-corrected chi connectivity index (χ4v) is 4.36. The van der Waals surface area contributed by atoms with Crippen LogP contribution in [0.15, 0.2) is 109 Å². The maximum Gasteiger partial charge on any atom is 0.119 e. The number of hydrogen-bond donors (Lipinski definition) is 0. The highest BCUT2D eigenvalue weighted by molar-refractivity contribution is 5.32. The van der Waals surface area contributed by atoms with Crippen LogP contribution >= 0.6 is 0 Å². The zero-order valence-corrected chi connectivity index (χ0v) is 21.3. The summed E-state index contributed by atoms with van der Waals surface area (Å²) in [6.07, 6.45) is 9.10. The molecule has 2 heteroatoms. The molecule has 0 aliphatic rings. The van der Waals surface area contributed by atoms with Crippen LogP contribution in [0.1, 0.15) is 60.8 Å². The van der Waals surface area contributed by atoms with Gasteiger partial charge in [0.2, 0.25) is 0 Å². The number of ether oxygens (including phenoxy) is 2. The quantitative estimate of drug-likeness (QED) is 0.159. The zero-order valence-electron chi connectivity index (χ0n) is 21.3. The molecule has 0 spiro atoms. The van der Waals surface area contributed by atoms with E-state index in [1.165, 1.54) is 47.9 Å². The first-order chi connectivity index (χ1) is 17.8. The van der Waals surface area contributed by atoms with Gasteiger partial charge in [-0.1, -0.05) is 111 Å². The van der Waals surface area contributed by atoms with Crippen LogP contribution in [0.25, 0.3) is 0 Å². The van der Waals surface area contributed by atoms with Crippen LogP contribution in [0.3, 0.4) is 0 Å². The molecule has 0 radical (unpaired) electrons. The van der Waals surface area contributed by atoms with Crippen LogP contribution in [0.4, 0.5) is 0 Å². The Hall–Kier alpha value is -3.52. The SMILES string of the molecule is c1ccc(Cc2ccc(OCCCCCCCCOc3ccc(Cc4ccccc4)cc3)cc2)cc1. The number of unbranched alkanes of at least 4 members (excludes halogenated alkanes) is 5. The average molecular weight is 479 g/mol. The minimum atomic E-state index is 0.793. The summed E-state index contributed by atoms with van der Waals surface area (Å²) in [7, 11) is 0. The molecule has 0 saturated heterocycles. The summed E-state index contributed by atoms with van der Waals surface area (Å²) >= 11 is 0. The van der Waals surface area contributed by atoms with Crippen LogP contribution in [0.5, 0.6) is 11.5 Å². The third-order valence-corrected chi connectivity index (χ3v) is 6.42. The van der Waals surface area contributed by atoms with Crippen molar-refractivity contribution in [3.63, 3.8) is 0 Å². The van der Waals surface area contributed by atoms with E-state index in [2.05, 4.69) is 109 Å². The molecule has 0 unspecified atom stereocenters. The molecule has 36 heavy (non-hydrogen) atoms. The van der Waals surface area contributed by atoms with Gasteiger partial charge >= 0.3 is 0 Å². The molecule has 0 amide bonds. The predicted molar refractivity (Wildman–Crippen MR) is 150 cm³/mol. The lowest BCUT2D eigenvalue weighted by molar-refractivity contribution is 0.297. The van der Waals surface area contributed by atoms with Crippen molar-refractivity contribution < 1.29 is 9.47 Å². The van der Waals surface area contributed by atoms with Crippen LogP contribution < -0.4 is 9.47 Å². The van der Waals surface area contributed by atoms with Gasteiger partial charge in [0.15, 0.2) is 0 Å². The van der Waals surface area contributed by atoms with Gasteiger partial charge in [0.05, 0.1) is 13.2 Å². The van der Waals surface area contributed by atoms with Crippen molar-refractivity contribution in [3.05, 3.63) is 131 Å². The topological polar surface area (TPSA) is 18.5 Å². The minimum absolute atomic E-state index is 0.793. The third-order valence-electron chi connectivity index (χ3n) is 6.42. The molecule has 0 aliphatic carbocycles. The molecule has 0 bridgehead atoms. The Morgan fingerprint density at radius 1 is 0.333 bits per heavy atom. The summed E-state index contributed by atoms with van der Waals surface area (Å²) in [4.78, 5) is 0. The van der Waals surface area contributed by atoms with Crippen molar-refractivity contribution in [1.29, 1.82) is 0 Å². The molecular formula is C34H38O2. The molecule has 0 N–H and O–H groups in total. The molecule has 0 aliphatic heterocycles. The Morgan fingerprint density at radius 2 is 0.667 bits per heavy atom. The fraction of sp³-hybridized carbons (Fsp3) is 0.294. The largest absolute Gasteiger partial charge is 0.494 e. The summed E-state index contributed by atoms with van der Waals surface area (Å²) in [6, 6.07) is 38.2. The lowest BCUT2D eigenvalue weighted by atomic mass is 10.1. The molecular weight excluding hydrogens is 440 g/mol. The standard InChI is InChI=1S/C34H38O2/c1(3-11-25-35-33-21-17-31(18-22-33)27-29-13-7-5-8-14-29)2-4-12-26-36-34-23-19-32(20-24-34)28-30-15-9-6-10-16-30/h5-10,13-24H,1-4,11-12,25-28H2. The van der Waals surface area contributed by atoms with Gasteiger partial charge in [0.25, 0.3) is 0 Å². The Balaban J connectivity index is 0.995. The summed E-state index contributed by atoms with van der Waals surface area (Å²) in [5.41, 5.74) is 5.31. The molecule has 0 saturated carbocycles. The number of hydrogen-bond acceptors (Lipinski definition) is 2. The van der Waals surface area contributed by atoms with E-state index in [1.54, 1.807) is 0 Å². The maximum atomic E-state index is 5.93. The van der Waals surface area contributed by atoms with E-state index in [0.717, 1.165) is 50.4 Å². The van der Waals surface area contributed by atoms with E-state index in [-0.39, 0.29) is 0 Å². The van der Waals surface area contributed by atoms with Crippen LogP contribution in [0.2, 0.25) is 0 Å². The lowest BCUT2D eigenvalue weighted by Gasteiger charge is -2.08. The van der Waals surface area contributed by atoms with Crippen molar-refractivity contribution in [2.24, 2.45) is 0 Å². The van der Waals surface area contributed by atoms with Crippen LogP contribution in [-0.2, 0) is 12.8 Å². The van der Waals surface area contributed by atoms with Crippen molar-refractivity contribution in [2.75, 3.05) is 13.2 Å². The summed E-state index contributed by atoms with van der Waals surface area (Å²) < 4.78 is 11.9. The Labute approximate surface area is 216 Å². The van der Waals surface area contributed by atoms with Crippen molar-refractivity contribution in [1.82, 2.24) is 0 Å². The van der Waals surface area contributed by atoms with E-state index in [1.807, 2.05) is 0 Å². The first-order valence-electron chi connectivity index (χ1n) is 13.4. The molecule has 4 rings (SSSR count). The molecule has 4 aromatic carbocycles. The smallest absolute Gasteiger partial charge is 0.119 e. The molecule has 4 aromatic rings.